The smallest absolute Gasteiger partial charge is 0.305 e. The number of alkyl halides is 2. The molecule has 4 nitrogen and oxygen atoms in total. The van der Waals surface area contributed by atoms with Gasteiger partial charge in [-0.25, -0.2) is 8.78 Å². The normalized spacial score (nSPS) is 43.8. The maximum absolute atomic E-state index is 16.1. The van der Waals surface area contributed by atoms with E-state index in [0.29, 0.717) is 30.3 Å². The van der Waals surface area contributed by atoms with Gasteiger partial charge < -0.3 is 9.47 Å². The Balaban J connectivity index is 1.58. The summed E-state index contributed by atoms with van der Waals surface area (Å²) < 4.78 is 42.4. The molecular formula is C28H42F2O4. The third-order valence-corrected chi connectivity index (χ3v) is 10.8. The number of carbonyl (C=O) groups excluding carboxylic acids is 2. The molecule has 0 unspecified atom stereocenters. The molecule has 34 heavy (non-hydrogen) atoms. The van der Waals surface area contributed by atoms with E-state index < -0.39 is 17.9 Å². The van der Waals surface area contributed by atoms with Crippen molar-refractivity contribution in [2.45, 2.75) is 97.5 Å². The fourth-order valence-corrected chi connectivity index (χ4v) is 9.09. The van der Waals surface area contributed by atoms with Crippen LogP contribution in [-0.4, -0.2) is 31.1 Å². The fourth-order valence-electron chi connectivity index (χ4n) is 9.09. The van der Waals surface area contributed by atoms with E-state index in [1.165, 1.54) is 14.0 Å². The van der Waals surface area contributed by atoms with E-state index in [9.17, 15) is 9.59 Å². The first kappa shape index (κ1) is 25.6. The standard InChI is InChI=1S/C28H42F2O4/c1-16(7-10-24(32)33-6)19-8-9-20-25-21(11-13-26(19,20)4)27(5)14-12-23(34-18(3)31)17(2)22(27)15-28(25,29)30/h16,19-23,25H,2,7-15H2,1,3-6H3/t16-,19-,20+,21+,22+,23+,25+,26-,27-/m1/s1. The van der Waals surface area contributed by atoms with E-state index in [-0.39, 0.29) is 46.9 Å². The molecule has 0 aromatic heterocycles. The van der Waals surface area contributed by atoms with Crippen molar-refractivity contribution in [3.05, 3.63) is 12.2 Å². The molecule has 4 aliphatic rings. The molecule has 6 heteroatoms. The minimum Gasteiger partial charge on any atom is -0.469 e. The van der Waals surface area contributed by atoms with Crippen LogP contribution in [0.25, 0.3) is 0 Å². The zero-order chi connectivity index (χ0) is 25.1. The first-order valence-electron chi connectivity index (χ1n) is 13.2. The Morgan fingerprint density at radius 2 is 1.74 bits per heavy atom. The first-order chi connectivity index (χ1) is 15.8. The van der Waals surface area contributed by atoms with Crippen molar-refractivity contribution in [1.29, 1.82) is 0 Å². The highest BCUT2D eigenvalue weighted by atomic mass is 19.3. The van der Waals surface area contributed by atoms with Crippen molar-refractivity contribution in [1.82, 2.24) is 0 Å². The van der Waals surface area contributed by atoms with Gasteiger partial charge in [0.05, 0.1) is 7.11 Å². The van der Waals surface area contributed by atoms with Gasteiger partial charge in [0.1, 0.15) is 6.10 Å². The Labute approximate surface area is 203 Å². The molecule has 0 heterocycles. The maximum Gasteiger partial charge on any atom is 0.305 e. The molecule has 0 radical (unpaired) electrons. The number of esters is 2. The van der Waals surface area contributed by atoms with Crippen LogP contribution in [0.2, 0.25) is 0 Å². The quantitative estimate of drug-likeness (QED) is 0.330. The Morgan fingerprint density at radius 3 is 2.38 bits per heavy atom. The molecule has 0 saturated heterocycles. The number of carbonyl (C=O) groups is 2. The number of methoxy groups -OCH3 is 1. The third-order valence-electron chi connectivity index (χ3n) is 10.8. The van der Waals surface area contributed by atoms with Gasteiger partial charge in [-0.05, 0) is 90.9 Å². The summed E-state index contributed by atoms with van der Waals surface area (Å²) in [5.74, 6) is -3.62. The molecule has 4 rings (SSSR count). The Bertz CT molecular complexity index is 840. The second-order valence-corrected chi connectivity index (χ2v) is 12.3. The number of fused-ring (bicyclic) bond motifs is 5. The van der Waals surface area contributed by atoms with Crippen molar-refractivity contribution in [2.75, 3.05) is 7.11 Å². The van der Waals surface area contributed by atoms with Crippen molar-refractivity contribution in [2.24, 2.45) is 46.3 Å². The third kappa shape index (κ3) is 4.01. The minimum atomic E-state index is -2.76. The number of hydrogen-bond acceptors (Lipinski definition) is 4. The molecular weight excluding hydrogens is 438 g/mol. The van der Waals surface area contributed by atoms with E-state index in [1.54, 1.807) is 0 Å². The number of hydrogen-bond donors (Lipinski definition) is 0. The Kier molecular flexibility index (Phi) is 6.70. The summed E-state index contributed by atoms with van der Waals surface area (Å²) in [5, 5.41) is 0. The molecule has 4 saturated carbocycles. The van der Waals surface area contributed by atoms with E-state index in [2.05, 4.69) is 27.4 Å². The van der Waals surface area contributed by atoms with Crippen LogP contribution in [0.5, 0.6) is 0 Å². The molecule has 0 amide bonds. The van der Waals surface area contributed by atoms with Crippen LogP contribution in [0, 0.1) is 46.3 Å². The second-order valence-electron chi connectivity index (χ2n) is 12.3. The van der Waals surface area contributed by atoms with Crippen molar-refractivity contribution in [3.8, 4) is 0 Å². The highest BCUT2D eigenvalue weighted by molar-refractivity contribution is 5.69. The van der Waals surface area contributed by atoms with Gasteiger partial charge in [-0.1, -0.05) is 27.4 Å². The predicted molar refractivity (Wildman–Crippen MR) is 126 cm³/mol. The molecule has 0 aromatic carbocycles. The molecule has 192 valence electrons. The number of rotatable bonds is 5. The summed E-state index contributed by atoms with van der Waals surface area (Å²) in [6.07, 6.45) is 5.57. The lowest BCUT2D eigenvalue weighted by atomic mass is 9.43. The summed E-state index contributed by atoms with van der Waals surface area (Å²) in [6, 6.07) is 0. The van der Waals surface area contributed by atoms with Gasteiger partial charge in [0.25, 0.3) is 5.92 Å². The predicted octanol–water partition coefficient (Wildman–Crippen LogP) is 6.58. The average molecular weight is 481 g/mol. The van der Waals surface area contributed by atoms with Gasteiger partial charge in [0.15, 0.2) is 0 Å². The molecule has 0 aromatic rings. The topological polar surface area (TPSA) is 52.6 Å². The molecule has 0 aliphatic heterocycles. The summed E-state index contributed by atoms with van der Waals surface area (Å²) in [5.41, 5.74) is 0.349. The highest BCUT2D eigenvalue weighted by Gasteiger charge is 2.68. The molecule has 4 aliphatic carbocycles. The molecule has 0 bridgehead atoms. The number of ether oxygens (including phenoxy) is 2. The van der Waals surface area contributed by atoms with Crippen LogP contribution < -0.4 is 0 Å². The van der Waals surface area contributed by atoms with Crippen LogP contribution in [-0.2, 0) is 19.1 Å². The summed E-state index contributed by atoms with van der Waals surface area (Å²) in [4.78, 5) is 23.3. The molecule has 0 spiro atoms. The van der Waals surface area contributed by atoms with Crippen LogP contribution in [0.15, 0.2) is 12.2 Å². The van der Waals surface area contributed by atoms with E-state index in [1.807, 2.05) is 0 Å². The monoisotopic (exact) mass is 480 g/mol. The number of halogens is 2. The maximum atomic E-state index is 16.1. The van der Waals surface area contributed by atoms with Crippen molar-refractivity contribution < 1.29 is 27.8 Å². The van der Waals surface area contributed by atoms with Gasteiger partial charge >= 0.3 is 11.9 Å². The van der Waals surface area contributed by atoms with E-state index in [0.717, 1.165) is 38.5 Å². The van der Waals surface area contributed by atoms with Gasteiger partial charge in [0, 0.05) is 25.7 Å². The Morgan fingerprint density at radius 1 is 1.09 bits per heavy atom. The minimum absolute atomic E-state index is 0.00376. The van der Waals surface area contributed by atoms with E-state index >= 15 is 8.78 Å². The van der Waals surface area contributed by atoms with Crippen LogP contribution in [0.4, 0.5) is 8.78 Å². The molecule has 9 atom stereocenters. The zero-order valence-corrected chi connectivity index (χ0v) is 21.5. The van der Waals surface area contributed by atoms with Crippen LogP contribution in [0.3, 0.4) is 0 Å². The second kappa shape index (κ2) is 8.89. The fraction of sp³-hybridized carbons (Fsp3) is 0.857. The first-order valence-corrected chi connectivity index (χ1v) is 13.2. The lowest BCUT2D eigenvalue weighted by Crippen LogP contribution is -2.61. The lowest BCUT2D eigenvalue weighted by molar-refractivity contribution is -0.229. The average Bonchev–Trinajstić information content (AvgIpc) is 3.12. The van der Waals surface area contributed by atoms with Crippen molar-refractivity contribution >= 4 is 11.9 Å². The van der Waals surface area contributed by atoms with Crippen LogP contribution in [0.1, 0.15) is 85.5 Å². The largest absolute Gasteiger partial charge is 0.469 e. The van der Waals surface area contributed by atoms with Crippen molar-refractivity contribution in [3.63, 3.8) is 0 Å². The SMILES string of the molecule is C=C1[C@@H](OC(C)=O)CC[C@@]2(C)[C@H]1CC(F)(F)[C@@H]1[C@@H]2CC[C@]2(C)[C@@H]([C@H](C)CCC(=O)OC)CC[C@@H]12. The van der Waals surface area contributed by atoms with Gasteiger partial charge in [0.2, 0.25) is 0 Å². The zero-order valence-electron chi connectivity index (χ0n) is 21.5. The summed E-state index contributed by atoms with van der Waals surface area (Å²) in [7, 11) is 1.41. The summed E-state index contributed by atoms with van der Waals surface area (Å²) in [6.45, 7) is 12.2. The Hall–Kier alpha value is -1.46. The van der Waals surface area contributed by atoms with Crippen LogP contribution >= 0.6 is 0 Å². The highest BCUT2D eigenvalue weighted by Crippen LogP contribution is 2.71. The van der Waals surface area contributed by atoms with Gasteiger partial charge in [-0.2, -0.15) is 0 Å². The van der Waals surface area contributed by atoms with E-state index in [4.69, 9.17) is 9.47 Å². The molecule has 4 fully saturated rings. The summed E-state index contributed by atoms with van der Waals surface area (Å²) >= 11 is 0. The lowest BCUT2D eigenvalue weighted by Gasteiger charge is -2.63. The van der Waals surface area contributed by atoms with Gasteiger partial charge in [-0.15, -0.1) is 0 Å². The van der Waals surface area contributed by atoms with Gasteiger partial charge in [-0.3, -0.25) is 9.59 Å². The molecule has 0 N–H and O–H groups in total.